The molecule has 0 bridgehead atoms. The molecule has 0 aliphatic rings. The molecule has 0 aromatic heterocycles. The molecule has 2 unspecified atom stereocenters. The van der Waals surface area contributed by atoms with Gasteiger partial charge in [0, 0.05) is 6.04 Å². The average molecular weight is 216 g/mol. The molecular weight excluding hydrogens is 201 g/mol. The Hall–Kier alpha value is -0.600. The predicted molar refractivity (Wildman–Crippen MR) is 57.8 cm³/mol. The van der Waals surface area contributed by atoms with E-state index < -0.39 is 5.82 Å². The molecule has 78 valence electrons. The van der Waals surface area contributed by atoms with Crippen molar-refractivity contribution in [2.45, 2.75) is 26.3 Å². The molecule has 0 amide bonds. The maximum absolute atomic E-state index is 13.1. The zero-order chi connectivity index (χ0) is 10.7. The van der Waals surface area contributed by atoms with E-state index in [1.165, 1.54) is 6.07 Å². The molecule has 0 saturated heterocycles. The van der Waals surface area contributed by atoms with Gasteiger partial charge in [0.15, 0.2) is 0 Å². The van der Waals surface area contributed by atoms with Crippen molar-refractivity contribution in [3.8, 4) is 0 Å². The number of hydrogen-bond donors (Lipinski definition) is 1. The minimum atomic E-state index is -0.400. The Labute approximate surface area is 89.1 Å². The Morgan fingerprint density at radius 2 is 2.14 bits per heavy atom. The molecule has 1 aromatic rings. The lowest BCUT2D eigenvalue weighted by Crippen LogP contribution is -2.19. The number of nitrogens with two attached hydrogens (primary N) is 1. The van der Waals surface area contributed by atoms with Crippen LogP contribution in [0.25, 0.3) is 0 Å². The largest absolute Gasteiger partial charge is 0.324 e. The summed E-state index contributed by atoms with van der Waals surface area (Å²) in [5.74, 6) is -0.0998. The second-order valence-corrected chi connectivity index (χ2v) is 3.93. The van der Waals surface area contributed by atoms with Crippen molar-refractivity contribution in [2.75, 3.05) is 0 Å². The summed E-state index contributed by atoms with van der Waals surface area (Å²) in [6.45, 7) is 4.09. The molecule has 0 aliphatic heterocycles. The van der Waals surface area contributed by atoms with Gasteiger partial charge in [-0.3, -0.25) is 0 Å². The first-order chi connectivity index (χ1) is 6.57. The third-order valence-electron chi connectivity index (χ3n) is 2.60. The van der Waals surface area contributed by atoms with E-state index in [0.29, 0.717) is 11.5 Å². The number of hydrogen-bond acceptors (Lipinski definition) is 1. The highest BCUT2D eigenvalue weighted by Gasteiger charge is 2.17. The van der Waals surface area contributed by atoms with Gasteiger partial charge in [-0.2, -0.15) is 0 Å². The van der Waals surface area contributed by atoms with Gasteiger partial charge >= 0.3 is 0 Å². The maximum Gasteiger partial charge on any atom is 0.142 e. The second-order valence-electron chi connectivity index (χ2n) is 3.55. The second kappa shape index (κ2) is 4.76. The highest BCUT2D eigenvalue weighted by atomic mass is 35.5. The van der Waals surface area contributed by atoms with Gasteiger partial charge in [-0.25, -0.2) is 4.39 Å². The molecule has 0 aliphatic carbocycles. The van der Waals surface area contributed by atoms with Crippen LogP contribution in [0.1, 0.15) is 31.9 Å². The van der Waals surface area contributed by atoms with Crippen molar-refractivity contribution in [2.24, 2.45) is 11.7 Å². The van der Waals surface area contributed by atoms with Crippen molar-refractivity contribution < 1.29 is 4.39 Å². The summed E-state index contributed by atoms with van der Waals surface area (Å²) in [4.78, 5) is 0. The Morgan fingerprint density at radius 1 is 1.50 bits per heavy atom. The molecule has 1 nitrogen and oxygen atoms in total. The average Bonchev–Trinajstić information content (AvgIpc) is 2.20. The van der Waals surface area contributed by atoms with Crippen LogP contribution >= 0.6 is 11.6 Å². The summed E-state index contributed by atoms with van der Waals surface area (Å²) in [5.41, 5.74) is 6.66. The van der Waals surface area contributed by atoms with Crippen LogP contribution in [0.5, 0.6) is 0 Å². The number of halogens is 2. The molecule has 0 fully saturated rings. The summed E-state index contributed by atoms with van der Waals surface area (Å²) in [6, 6.07) is 4.57. The summed E-state index contributed by atoms with van der Waals surface area (Å²) in [5, 5.41) is 0.153. The van der Waals surface area contributed by atoms with Crippen molar-refractivity contribution in [1.82, 2.24) is 0 Å². The topological polar surface area (TPSA) is 26.0 Å². The Bertz CT molecular complexity index is 314. The molecular formula is C11H15ClFN. The standard InChI is InChI=1S/C11H15ClFN/c1-3-7(2)11(14)8-5-4-6-9(13)10(8)12/h4-7,11H,3,14H2,1-2H3. The zero-order valence-corrected chi connectivity index (χ0v) is 9.18. The third-order valence-corrected chi connectivity index (χ3v) is 3.00. The van der Waals surface area contributed by atoms with E-state index in [2.05, 4.69) is 6.92 Å². The normalized spacial score (nSPS) is 15.2. The lowest BCUT2D eigenvalue weighted by molar-refractivity contribution is 0.455. The summed E-state index contributed by atoms with van der Waals surface area (Å²) in [6.07, 6.45) is 0.952. The van der Waals surface area contributed by atoms with Gasteiger partial charge in [-0.15, -0.1) is 0 Å². The fourth-order valence-electron chi connectivity index (χ4n) is 1.34. The van der Waals surface area contributed by atoms with Gasteiger partial charge in [0.2, 0.25) is 0 Å². The molecule has 2 N–H and O–H groups in total. The first-order valence-electron chi connectivity index (χ1n) is 4.77. The molecule has 14 heavy (non-hydrogen) atoms. The van der Waals surface area contributed by atoms with Crippen LogP contribution in [0.15, 0.2) is 18.2 Å². The van der Waals surface area contributed by atoms with Gasteiger partial charge in [-0.1, -0.05) is 44.0 Å². The highest BCUT2D eigenvalue weighted by molar-refractivity contribution is 6.31. The molecule has 2 atom stereocenters. The Balaban J connectivity index is 3.01. The van der Waals surface area contributed by atoms with E-state index in [-0.39, 0.29) is 11.1 Å². The highest BCUT2D eigenvalue weighted by Crippen LogP contribution is 2.29. The van der Waals surface area contributed by atoms with Gasteiger partial charge in [-0.05, 0) is 17.5 Å². The van der Waals surface area contributed by atoms with E-state index in [1.54, 1.807) is 12.1 Å². The van der Waals surface area contributed by atoms with Crippen LogP contribution in [-0.4, -0.2) is 0 Å². The SMILES string of the molecule is CCC(C)C(N)c1cccc(F)c1Cl. The smallest absolute Gasteiger partial charge is 0.142 e. The molecule has 0 spiro atoms. The Kier molecular flexibility index (Phi) is 3.90. The quantitative estimate of drug-likeness (QED) is 0.820. The van der Waals surface area contributed by atoms with Crippen LogP contribution in [0.2, 0.25) is 5.02 Å². The van der Waals surface area contributed by atoms with Gasteiger partial charge in [0.05, 0.1) is 5.02 Å². The lowest BCUT2D eigenvalue weighted by atomic mass is 9.93. The maximum atomic E-state index is 13.1. The molecule has 0 radical (unpaired) electrons. The van der Waals surface area contributed by atoms with E-state index in [0.717, 1.165) is 6.42 Å². The van der Waals surface area contributed by atoms with Gasteiger partial charge in [0.25, 0.3) is 0 Å². The van der Waals surface area contributed by atoms with E-state index in [1.807, 2.05) is 6.92 Å². The molecule has 3 heteroatoms. The summed E-state index contributed by atoms with van der Waals surface area (Å²) >= 11 is 5.83. The number of benzene rings is 1. The monoisotopic (exact) mass is 215 g/mol. The fourth-order valence-corrected chi connectivity index (χ4v) is 1.59. The zero-order valence-electron chi connectivity index (χ0n) is 8.43. The van der Waals surface area contributed by atoms with Crippen LogP contribution in [0.3, 0.4) is 0 Å². The lowest BCUT2D eigenvalue weighted by Gasteiger charge is -2.19. The van der Waals surface area contributed by atoms with Crippen molar-refractivity contribution in [3.63, 3.8) is 0 Å². The number of rotatable bonds is 3. The Morgan fingerprint density at radius 3 is 2.71 bits per heavy atom. The van der Waals surface area contributed by atoms with E-state index in [9.17, 15) is 4.39 Å². The summed E-state index contributed by atoms with van der Waals surface area (Å²) in [7, 11) is 0. The van der Waals surface area contributed by atoms with Crippen molar-refractivity contribution in [1.29, 1.82) is 0 Å². The molecule has 0 saturated carbocycles. The molecule has 1 aromatic carbocycles. The van der Waals surface area contributed by atoms with Gasteiger partial charge in [0.1, 0.15) is 5.82 Å². The molecule has 1 rings (SSSR count). The third kappa shape index (κ3) is 2.25. The fraction of sp³-hybridized carbons (Fsp3) is 0.455. The minimum absolute atomic E-state index is 0.153. The first-order valence-corrected chi connectivity index (χ1v) is 5.15. The molecule has 0 heterocycles. The van der Waals surface area contributed by atoms with Crippen molar-refractivity contribution in [3.05, 3.63) is 34.6 Å². The summed E-state index contributed by atoms with van der Waals surface area (Å²) < 4.78 is 13.1. The van der Waals surface area contributed by atoms with Gasteiger partial charge < -0.3 is 5.73 Å². The van der Waals surface area contributed by atoms with Crippen LogP contribution in [0, 0.1) is 11.7 Å². The predicted octanol–water partition coefficient (Wildman–Crippen LogP) is 3.53. The van der Waals surface area contributed by atoms with Crippen LogP contribution in [-0.2, 0) is 0 Å². The minimum Gasteiger partial charge on any atom is -0.324 e. The van der Waals surface area contributed by atoms with E-state index in [4.69, 9.17) is 17.3 Å². The van der Waals surface area contributed by atoms with Crippen LogP contribution in [0.4, 0.5) is 4.39 Å². The first kappa shape index (κ1) is 11.5. The van der Waals surface area contributed by atoms with Crippen molar-refractivity contribution >= 4 is 11.6 Å². The van der Waals surface area contributed by atoms with Crippen LogP contribution < -0.4 is 5.73 Å². The van der Waals surface area contributed by atoms with E-state index >= 15 is 0 Å².